The van der Waals surface area contributed by atoms with Gasteiger partial charge < -0.3 is 10.4 Å². The van der Waals surface area contributed by atoms with E-state index in [9.17, 15) is 20.0 Å². The number of phenolic OH excluding ortho intramolecular Hbond substituents is 1. The highest BCUT2D eigenvalue weighted by Crippen LogP contribution is 2.21. The number of aromatic hydroxyl groups is 1. The third kappa shape index (κ3) is 4.54. The Morgan fingerprint density at radius 1 is 1.33 bits per heavy atom. The SMILES string of the molecule is Cc1ccccc1NCC(=O)NN=Cc1cc(O)ccc1[N+](=O)[O-]. The molecule has 0 atom stereocenters. The van der Waals surface area contributed by atoms with Crippen molar-refractivity contribution in [3.05, 3.63) is 63.7 Å². The Morgan fingerprint density at radius 3 is 2.79 bits per heavy atom. The quantitative estimate of drug-likeness (QED) is 0.427. The zero-order valence-corrected chi connectivity index (χ0v) is 12.9. The molecule has 0 aliphatic rings. The summed E-state index contributed by atoms with van der Waals surface area (Å²) < 4.78 is 0. The molecule has 1 amide bonds. The Labute approximate surface area is 138 Å². The van der Waals surface area contributed by atoms with Crippen molar-refractivity contribution in [3.8, 4) is 5.75 Å². The Bertz CT molecular complexity index is 789. The summed E-state index contributed by atoms with van der Waals surface area (Å²) in [5.74, 6) is -0.535. The number of carbonyl (C=O) groups excluding carboxylic acids is 1. The van der Waals surface area contributed by atoms with Gasteiger partial charge in [0.2, 0.25) is 0 Å². The maximum atomic E-state index is 11.7. The van der Waals surface area contributed by atoms with Crippen LogP contribution in [0.4, 0.5) is 11.4 Å². The molecule has 0 fully saturated rings. The van der Waals surface area contributed by atoms with Crippen LogP contribution in [0.2, 0.25) is 0 Å². The molecule has 8 heteroatoms. The molecule has 0 radical (unpaired) electrons. The smallest absolute Gasteiger partial charge is 0.278 e. The summed E-state index contributed by atoms with van der Waals surface area (Å²) in [7, 11) is 0. The van der Waals surface area contributed by atoms with Crippen LogP contribution in [0, 0.1) is 17.0 Å². The number of hydrazone groups is 1. The molecular formula is C16H16N4O4. The molecule has 3 N–H and O–H groups in total. The third-order valence-corrected chi connectivity index (χ3v) is 3.19. The number of para-hydroxylation sites is 1. The van der Waals surface area contributed by atoms with E-state index in [1.54, 1.807) is 0 Å². The summed E-state index contributed by atoms with van der Waals surface area (Å²) in [5, 5.41) is 26.9. The van der Waals surface area contributed by atoms with Gasteiger partial charge >= 0.3 is 0 Å². The summed E-state index contributed by atoms with van der Waals surface area (Å²) >= 11 is 0. The number of rotatable bonds is 6. The van der Waals surface area contributed by atoms with E-state index in [1.165, 1.54) is 12.1 Å². The Kier molecular flexibility index (Phi) is 5.45. The molecular weight excluding hydrogens is 312 g/mol. The van der Waals surface area contributed by atoms with Crippen molar-refractivity contribution in [2.75, 3.05) is 11.9 Å². The summed E-state index contributed by atoms with van der Waals surface area (Å²) in [6, 6.07) is 11.1. The van der Waals surface area contributed by atoms with Crippen LogP contribution in [-0.2, 0) is 4.79 Å². The van der Waals surface area contributed by atoms with E-state index >= 15 is 0 Å². The number of aryl methyl sites for hydroxylation is 1. The monoisotopic (exact) mass is 328 g/mol. The van der Waals surface area contributed by atoms with Gasteiger partial charge in [-0.05, 0) is 30.7 Å². The van der Waals surface area contributed by atoms with Crippen molar-refractivity contribution >= 4 is 23.5 Å². The first-order chi connectivity index (χ1) is 11.5. The number of nitro benzene ring substituents is 1. The fourth-order valence-corrected chi connectivity index (χ4v) is 1.97. The zero-order chi connectivity index (χ0) is 17.5. The molecule has 2 aromatic carbocycles. The molecule has 124 valence electrons. The predicted octanol–water partition coefficient (Wildman–Crippen LogP) is 2.17. The first-order valence-corrected chi connectivity index (χ1v) is 7.06. The number of amides is 1. The van der Waals surface area contributed by atoms with Crippen LogP contribution in [0.15, 0.2) is 47.6 Å². The molecule has 0 saturated carbocycles. The van der Waals surface area contributed by atoms with E-state index in [-0.39, 0.29) is 23.5 Å². The second kappa shape index (κ2) is 7.73. The molecule has 0 aromatic heterocycles. The van der Waals surface area contributed by atoms with Crippen LogP contribution in [0.25, 0.3) is 0 Å². The van der Waals surface area contributed by atoms with Crippen molar-refractivity contribution < 1.29 is 14.8 Å². The number of nitrogens with one attached hydrogen (secondary N) is 2. The van der Waals surface area contributed by atoms with Gasteiger partial charge in [-0.2, -0.15) is 5.10 Å². The number of benzene rings is 2. The summed E-state index contributed by atoms with van der Waals surface area (Å²) in [6.45, 7) is 1.92. The van der Waals surface area contributed by atoms with Gasteiger partial charge in [-0.25, -0.2) is 5.43 Å². The van der Waals surface area contributed by atoms with Crippen molar-refractivity contribution in [3.63, 3.8) is 0 Å². The number of hydrogen-bond donors (Lipinski definition) is 3. The number of hydrogen-bond acceptors (Lipinski definition) is 6. The molecule has 0 bridgehead atoms. The second-order valence-corrected chi connectivity index (χ2v) is 4.96. The van der Waals surface area contributed by atoms with Crippen molar-refractivity contribution in [1.29, 1.82) is 0 Å². The molecule has 24 heavy (non-hydrogen) atoms. The van der Waals surface area contributed by atoms with E-state index < -0.39 is 10.8 Å². The topological polar surface area (TPSA) is 117 Å². The first-order valence-electron chi connectivity index (χ1n) is 7.06. The number of anilines is 1. The molecule has 0 aliphatic carbocycles. The lowest BCUT2D eigenvalue weighted by molar-refractivity contribution is -0.385. The Hall–Kier alpha value is -3.42. The molecule has 0 aliphatic heterocycles. The van der Waals surface area contributed by atoms with E-state index in [2.05, 4.69) is 15.8 Å². The fraction of sp³-hybridized carbons (Fsp3) is 0.125. The fourth-order valence-electron chi connectivity index (χ4n) is 1.97. The highest BCUT2D eigenvalue weighted by molar-refractivity contribution is 5.88. The van der Waals surface area contributed by atoms with Gasteiger partial charge in [0.05, 0.1) is 23.2 Å². The number of nitrogens with zero attached hydrogens (tertiary/aromatic N) is 2. The molecule has 8 nitrogen and oxygen atoms in total. The Balaban J connectivity index is 1.94. The summed E-state index contributed by atoms with van der Waals surface area (Å²) in [6.07, 6.45) is 1.11. The van der Waals surface area contributed by atoms with Gasteiger partial charge in [-0.3, -0.25) is 14.9 Å². The average Bonchev–Trinajstić information content (AvgIpc) is 2.54. The van der Waals surface area contributed by atoms with Crippen LogP contribution < -0.4 is 10.7 Å². The molecule has 0 heterocycles. The van der Waals surface area contributed by atoms with Gasteiger partial charge in [0.1, 0.15) is 5.75 Å². The number of nitro groups is 1. The Morgan fingerprint density at radius 2 is 2.08 bits per heavy atom. The van der Waals surface area contributed by atoms with Crippen molar-refractivity contribution in [1.82, 2.24) is 5.43 Å². The lowest BCUT2D eigenvalue weighted by atomic mass is 10.2. The molecule has 2 aromatic rings. The van der Waals surface area contributed by atoms with Crippen LogP contribution in [0.3, 0.4) is 0 Å². The van der Waals surface area contributed by atoms with Gasteiger partial charge in [-0.1, -0.05) is 18.2 Å². The van der Waals surface area contributed by atoms with Crippen LogP contribution in [0.1, 0.15) is 11.1 Å². The van der Waals surface area contributed by atoms with E-state index in [0.29, 0.717) is 0 Å². The third-order valence-electron chi connectivity index (χ3n) is 3.19. The zero-order valence-electron chi connectivity index (χ0n) is 12.9. The predicted molar refractivity (Wildman–Crippen MR) is 90.2 cm³/mol. The van der Waals surface area contributed by atoms with Crippen LogP contribution >= 0.6 is 0 Å². The van der Waals surface area contributed by atoms with Crippen LogP contribution in [0.5, 0.6) is 5.75 Å². The van der Waals surface area contributed by atoms with E-state index in [1.807, 2.05) is 31.2 Å². The minimum atomic E-state index is -0.595. The van der Waals surface area contributed by atoms with Crippen molar-refractivity contribution in [2.45, 2.75) is 6.92 Å². The maximum absolute atomic E-state index is 11.7. The number of carbonyl (C=O) groups is 1. The van der Waals surface area contributed by atoms with Gasteiger partial charge in [0, 0.05) is 11.8 Å². The van der Waals surface area contributed by atoms with Crippen molar-refractivity contribution in [2.24, 2.45) is 5.10 Å². The van der Waals surface area contributed by atoms with Crippen LogP contribution in [-0.4, -0.2) is 28.7 Å². The normalized spacial score (nSPS) is 10.5. The number of phenols is 1. The highest BCUT2D eigenvalue weighted by atomic mass is 16.6. The average molecular weight is 328 g/mol. The largest absolute Gasteiger partial charge is 0.508 e. The first kappa shape index (κ1) is 16.9. The minimum Gasteiger partial charge on any atom is -0.508 e. The molecule has 0 saturated heterocycles. The highest BCUT2D eigenvalue weighted by Gasteiger charge is 2.12. The minimum absolute atomic E-state index is 0.00429. The van der Waals surface area contributed by atoms with Gasteiger partial charge in [0.25, 0.3) is 11.6 Å². The molecule has 0 unspecified atom stereocenters. The lowest BCUT2D eigenvalue weighted by Crippen LogP contribution is -2.26. The van der Waals surface area contributed by atoms with E-state index in [4.69, 9.17) is 0 Å². The lowest BCUT2D eigenvalue weighted by Gasteiger charge is -2.07. The van der Waals surface area contributed by atoms with Gasteiger partial charge in [0.15, 0.2) is 0 Å². The van der Waals surface area contributed by atoms with E-state index in [0.717, 1.165) is 23.5 Å². The summed E-state index contributed by atoms with van der Waals surface area (Å²) in [4.78, 5) is 22.0. The molecule has 2 rings (SSSR count). The molecule has 0 spiro atoms. The second-order valence-electron chi connectivity index (χ2n) is 4.96. The maximum Gasteiger partial charge on any atom is 0.278 e. The van der Waals surface area contributed by atoms with Gasteiger partial charge in [-0.15, -0.1) is 0 Å². The standard InChI is InChI=1S/C16H16N4O4/c1-11-4-2-3-5-14(11)17-10-16(22)19-18-9-12-8-13(21)6-7-15(12)20(23)24/h2-9,17,21H,10H2,1H3,(H,19,22). The summed E-state index contributed by atoms with van der Waals surface area (Å²) in [5.41, 5.74) is 3.98.